The average Bonchev–Trinajstić information content (AvgIpc) is 3.24. The van der Waals surface area contributed by atoms with Gasteiger partial charge < -0.3 is 10.2 Å². The molecule has 0 spiro atoms. The highest BCUT2D eigenvalue weighted by atomic mass is 16.2. The van der Waals surface area contributed by atoms with Crippen LogP contribution >= 0.6 is 0 Å². The summed E-state index contributed by atoms with van der Waals surface area (Å²) in [5.41, 5.74) is 1.80. The van der Waals surface area contributed by atoms with E-state index in [1.54, 1.807) is 4.90 Å². The third-order valence-electron chi connectivity index (χ3n) is 4.61. The first kappa shape index (κ1) is 16.3. The fourth-order valence-electron chi connectivity index (χ4n) is 3.23. The number of pyridine rings is 1. The van der Waals surface area contributed by atoms with E-state index in [4.69, 9.17) is 0 Å². The van der Waals surface area contributed by atoms with Crippen molar-refractivity contribution in [2.75, 3.05) is 6.54 Å². The topological polar surface area (TPSA) is 79.6 Å². The van der Waals surface area contributed by atoms with Gasteiger partial charge in [-0.1, -0.05) is 36.4 Å². The fraction of sp³-hybridized carbons (Fsp3) is 0.263. The highest BCUT2D eigenvalue weighted by Gasteiger charge is 2.34. The van der Waals surface area contributed by atoms with Gasteiger partial charge in [0.25, 0.3) is 0 Å². The monoisotopic (exact) mass is 349 g/mol. The van der Waals surface area contributed by atoms with Gasteiger partial charge in [0.1, 0.15) is 0 Å². The van der Waals surface area contributed by atoms with Crippen LogP contribution < -0.4 is 5.32 Å². The second-order valence-electron chi connectivity index (χ2n) is 6.42. The maximum absolute atomic E-state index is 12.5. The highest BCUT2D eigenvalue weighted by Crippen LogP contribution is 2.20. The van der Waals surface area contributed by atoms with Crippen LogP contribution in [0.2, 0.25) is 0 Å². The van der Waals surface area contributed by atoms with Crippen LogP contribution in [0.15, 0.2) is 54.7 Å². The molecule has 2 amide bonds. The van der Waals surface area contributed by atoms with Crippen LogP contribution in [-0.2, 0) is 22.7 Å². The van der Waals surface area contributed by atoms with Gasteiger partial charge in [0, 0.05) is 25.7 Å². The van der Waals surface area contributed by atoms with E-state index in [9.17, 15) is 9.59 Å². The molecule has 7 heteroatoms. The van der Waals surface area contributed by atoms with E-state index >= 15 is 0 Å². The summed E-state index contributed by atoms with van der Waals surface area (Å²) < 4.78 is 1.84. The molecular formula is C19H19N5O2. The number of hydrogen-bond donors (Lipinski definition) is 1. The van der Waals surface area contributed by atoms with Gasteiger partial charge in [-0.05, 0) is 17.7 Å². The molecule has 2 aromatic heterocycles. The molecule has 1 aliphatic rings. The molecule has 0 radical (unpaired) electrons. The van der Waals surface area contributed by atoms with E-state index in [-0.39, 0.29) is 30.7 Å². The normalized spacial score (nSPS) is 17.0. The van der Waals surface area contributed by atoms with E-state index in [0.29, 0.717) is 18.9 Å². The molecule has 3 aromatic rings. The molecule has 0 saturated carbocycles. The number of nitrogens with one attached hydrogen (secondary N) is 1. The van der Waals surface area contributed by atoms with Crippen molar-refractivity contribution in [1.29, 1.82) is 0 Å². The SMILES string of the molecule is O=C(NCc1nnc2ccccn12)[C@H]1CC(=O)N(Cc2ccccc2)C1. The van der Waals surface area contributed by atoms with Gasteiger partial charge >= 0.3 is 0 Å². The first-order chi connectivity index (χ1) is 12.7. The molecule has 132 valence electrons. The van der Waals surface area contributed by atoms with Gasteiger partial charge in [0.15, 0.2) is 11.5 Å². The standard InChI is InChI=1S/C19H19N5O2/c25-18-10-15(13-23(18)12-14-6-2-1-3-7-14)19(26)20-11-17-22-21-16-8-4-5-9-24(16)17/h1-9,15H,10-13H2,(H,20,26)/t15-/m0/s1. The van der Waals surface area contributed by atoms with Crippen LogP contribution in [0.4, 0.5) is 0 Å². The maximum atomic E-state index is 12.5. The summed E-state index contributed by atoms with van der Waals surface area (Å²) in [6, 6.07) is 15.4. The molecule has 7 nitrogen and oxygen atoms in total. The molecular weight excluding hydrogens is 330 g/mol. The number of likely N-dealkylation sites (tertiary alicyclic amines) is 1. The third-order valence-corrected chi connectivity index (χ3v) is 4.61. The lowest BCUT2D eigenvalue weighted by Crippen LogP contribution is -2.33. The second-order valence-corrected chi connectivity index (χ2v) is 6.42. The van der Waals surface area contributed by atoms with E-state index in [1.807, 2.05) is 59.1 Å². The zero-order chi connectivity index (χ0) is 17.9. The Hall–Kier alpha value is -3.22. The lowest BCUT2D eigenvalue weighted by molar-refractivity contribution is -0.129. The van der Waals surface area contributed by atoms with Gasteiger partial charge in [0.2, 0.25) is 11.8 Å². The number of rotatable bonds is 5. The van der Waals surface area contributed by atoms with E-state index in [2.05, 4.69) is 15.5 Å². The largest absolute Gasteiger partial charge is 0.348 e. The van der Waals surface area contributed by atoms with Crippen molar-refractivity contribution < 1.29 is 9.59 Å². The number of aromatic nitrogens is 3. The molecule has 1 fully saturated rings. The van der Waals surface area contributed by atoms with Crippen LogP contribution in [0.3, 0.4) is 0 Å². The number of fused-ring (bicyclic) bond motifs is 1. The Morgan fingerprint density at radius 3 is 2.77 bits per heavy atom. The molecule has 0 bridgehead atoms. The highest BCUT2D eigenvalue weighted by molar-refractivity contribution is 5.89. The van der Waals surface area contributed by atoms with Gasteiger partial charge in [-0.2, -0.15) is 0 Å². The van der Waals surface area contributed by atoms with Crippen LogP contribution in [0, 0.1) is 5.92 Å². The fourth-order valence-corrected chi connectivity index (χ4v) is 3.23. The van der Waals surface area contributed by atoms with Crippen molar-refractivity contribution in [3.63, 3.8) is 0 Å². The summed E-state index contributed by atoms with van der Waals surface area (Å²) >= 11 is 0. The molecule has 1 atom stereocenters. The molecule has 1 saturated heterocycles. The Labute approximate surface area is 150 Å². The van der Waals surface area contributed by atoms with E-state index in [0.717, 1.165) is 11.2 Å². The van der Waals surface area contributed by atoms with Crippen LogP contribution in [0.5, 0.6) is 0 Å². The second kappa shape index (κ2) is 6.95. The van der Waals surface area contributed by atoms with Crippen LogP contribution in [-0.4, -0.2) is 37.9 Å². The third kappa shape index (κ3) is 3.28. The summed E-state index contributed by atoms with van der Waals surface area (Å²) in [5, 5.41) is 11.0. The quantitative estimate of drug-likeness (QED) is 0.755. The number of benzene rings is 1. The maximum Gasteiger partial charge on any atom is 0.225 e. The summed E-state index contributed by atoms with van der Waals surface area (Å²) in [7, 11) is 0. The number of nitrogens with zero attached hydrogens (tertiary/aromatic N) is 4. The minimum absolute atomic E-state index is 0.0157. The van der Waals surface area contributed by atoms with Gasteiger partial charge in [0.05, 0.1) is 12.5 Å². The molecule has 1 N–H and O–H groups in total. The smallest absolute Gasteiger partial charge is 0.225 e. The van der Waals surface area contributed by atoms with E-state index < -0.39 is 0 Å². The summed E-state index contributed by atoms with van der Waals surface area (Å²) in [5.74, 6) is 0.230. The Bertz CT molecular complexity index is 937. The number of carbonyl (C=O) groups is 2. The Morgan fingerprint density at radius 2 is 1.92 bits per heavy atom. The molecule has 4 rings (SSSR count). The molecule has 3 heterocycles. The predicted molar refractivity (Wildman–Crippen MR) is 94.8 cm³/mol. The molecule has 1 aliphatic heterocycles. The number of hydrogen-bond acceptors (Lipinski definition) is 4. The zero-order valence-corrected chi connectivity index (χ0v) is 14.2. The summed E-state index contributed by atoms with van der Waals surface area (Å²) in [6.07, 6.45) is 2.11. The summed E-state index contributed by atoms with van der Waals surface area (Å²) in [4.78, 5) is 26.4. The van der Waals surface area contributed by atoms with Crippen molar-refractivity contribution in [2.24, 2.45) is 5.92 Å². The lowest BCUT2D eigenvalue weighted by atomic mass is 10.1. The van der Waals surface area contributed by atoms with Gasteiger partial charge in [-0.25, -0.2) is 0 Å². The average molecular weight is 349 g/mol. The number of amides is 2. The van der Waals surface area contributed by atoms with Crippen LogP contribution in [0.25, 0.3) is 5.65 Å². The summed E-state index contributed by atoms with van der Waals surface area (Å²) in [6.45, 7) is 1.27. The molecule has 1 aromatic carbocycles. The van der Waals surface area contributed by atoms with Crippen molar-refractivity contribution in [1.82, 2.24) is 24.8 Å². The number of carbonyl (C=O) groups excluding carboxylic acids is 2. The van der Waals surface area contributed by atoms with E-state index in [1.165, 1.54) is 0 Å². The molecule has 0 unspecified atom stereocenters. The van der Waals surface area contributed by atoms with Gasteiger partial charge in [-0.3, -0.25) is 14.0 Å². The van der Waals surface area contributed by atoms with Crippen molar-refractivity contribution in [2.45, 2.75) is 19.5 Å². The Morgan fingerprint density at radius 1 is 1.12 bits per heavy atom. The Kier molecular flexibility index (Phi) is 4.35. The zero-order valence-electron chi connectivity index (χ0n) is 14.2. The first-order valence-corrected chi connectivity index (χ1v) is 8.59. The van der Waals surface area contributed by atoms with Crippen LogP contribution in [0.1, 0.15) is 17.8 Å². The predicted octanol–water partition coefficient (Wildman–Crippen LogP) is 1.39. The van der Waals surface area contributed by atoms with Gasteiger partial charge in [-0.15, -0.1) is 10.2 Å². The minimum Gasteiger partial charge on any atom is -0.348 e. The minimum atomic E-state index is -0.328. The Balaban J connectivity index is 1.36. The lowest BCUT2D eigenvalue weighted by Gasteiger charge is -2.16. The molecule has 0 aliphatic carbocycles. The van der Waals surface area contributed by atoms with Crippen molar-refractivity contribution >= 4 is 17.5 Å². The van der Waals surface area contributed by atoms with Crippen molar-refractivity contribution in [3.05, 3.63) is 66.1 Å². The van der Waals surface area contributed by atoms with Crippen molar-refractivity contribution in [3.8, 4) is 0 Å². The molecule has 26 heavy (non-hydrogen) atoms. The first-order valence-electron chi connectivity index (χ1n) is 8.59.